The number of hydrogen-bond donors (Lipinski definition) is 1. The molecule has 0 aromatic heterocycles. The van der Waals surface area contributed by atoms with E-state index in [1.807, 2.05) is 30.3 Å². The first kappa shape index (κ1) is 9.73. The van der Waals surface area contributed by atoms with Gasteiger partial charge in [-0.3, -0.25) is 0 Å². The van der Waals surface area contributed by atoms with Gasteiger partial charge in [-0.2, -0.15) is 0 Å². The van der Waals surface area contributed by atoms with Crippen molar-refractivity contribution >= 4 is 5.97 Å². The van der Waals surface area contributed by atoms with Crippen LogP contribution in [0.5, 0.6) is 0 Å². The number of likely N-dealkylation sites (N-methyl/N-ethyl adjacent to an activating group) is 1. The summed E-state index contributed by atoms with van der Waals surface area (Å²) >= 11 is 0. The molecule has 1 aromatic carbocycles. The second-order valence-corrected chi connectivity index (χ2v) is 3.33. The average molecular weight is 205 g/mol. The number of hydroxylamine groups is 2. The van der Waals surface area contributed by atoms with Crippen LogP contribution in [0.25, 0.3) is 0 Å². The Morgan fingerprint density at radius 2 is 2.07 bits per heavy atom. The Morgan fingerprint density at radius 1 is 1.40 bits per heavy atom. The van der Waals surface area contributed by atoms with Gasteiger partial charge in [-0.15, -0.1) is 5.06 Å². The Balaban J connectivity index is 2.28. The molecule has 1 unspecified atom stereocenters. The molecule has 0 amide bonds. The zero-order valence-corrected chi connectivity index (χ0v) is 8.25. The van der Waals surface area contributed by atoms with Gasteiger partial charge in [0.05, 0.1) is 6.04 Å². The summed E-state index contributed by atoms with van der Waals surface area (Å²) in [7, 11) is 1.71. The standard InChI is InChI=1S/C11H11NO3/c1-12-9(7-10(15-12)11(13)14)8-5-3-2-4-6-8/h2-7,9H,1H3,(H,13,14). The highest BCUT2D eigenvalue weighted by molar-refractivity contribution is 5.84. The molecular weight excluding hydrogens is 194 g/mol. The molecule has 1 aromatic rings. The molecule has 4 nitrogen and oxygen atoms in total. The summed E-state index contributed by atoms with van der Waals surface area (Å²) in [6, 6.07) is 9.49. The van der Waals surface area contributed by atoms with E-state index in [9.17, 15) is 4.79 Å². The second-order valence-electron chi connectivity index (χ2n) is 3.33. The molecule has 0 saturated heterocycles. The lowest BCUT2D eigenvalue weighted by molar-refractivity contribution is -0.149. The third-order valence-electron chi connectivity index (χ3n) is 2.30. The summed E-state index contributed by atoms with van der Waals surface area (Å²) in [5.74, 6) is -1.06. The molecular formula is C11H11NO3. The van der Waals surface area contributed by atoms with Gasteiger partial charge in [0.2, 0.25) is 5.76 Å². The van der Waals surface area contributed by atoms with Crippen molar-refractivity contribution in [2.45, 2.75) is 6.04 Å². The van der Waals surface area contributed by atoms with Crippen LogP contribution in [-0.4, -0.2) is 23.2 Å². The van der Waals surface area contributed by atoms with Crippen LogP contribution in [0.1, 0.15) is 11.6 Å². The number of carboxylic acid groups (broad SMARTS) is 1. The molecule has 1 N–H and O–H groups in total. The van der Waals surface area contributed by atoms with Crippen molar-refractivity contribution in [2.75, 3.05) is 7.05 Å². The highest BCUT2D eigenvalue weighted by atomic mass is 16.7. The van der Waals surface area contributed by atoms with Gasteiger partial charge >= 0.3 is 5.97 Å². The van der Waals surface area contributed by atoms with Crippen LogP contribution < -0.4 is 0 Å². The van der Waals surface area contributed by atoms with E-state index < -0.39 is 5.97 Å². The number of rotatable bonds is 2. The molecule has 0 radical (unpaired) electrons. The van der Waals surface area contributed by atoms with Gasteiger partial charge in [0.25, 0.3) is 0 Å². The molecule has 0 saturated carbocycles. The molecule has 78 valence electrons. The molecule has 1 aliphatic rings. The summed E-state index contributed by atoms with van der Waals surface area (Å²) in [5, 5.41) is 10.3. The summed E-state index contributed by atoms with van der Waals surface area (Å²) in [4.78, 5) is 15.8. The monoisotopic (exact) mass is 205 g/mol. The van der Waals surface area contributed by atoms with Crippen molar-refractivity contribution in [3.63, 3.8) is 0 Å². The molecule has 0 fully saturated rings. The maximum atomic E-state index is 10.7. The fourth-order valence-electron chi connectivity index (χ4n) is 1.56. The van der Waals surface area contributed by atoms with Crippen molar-refractivity contribution in [3.8, 4) is 0 Å². The lowest BCUT2D eigenvalue weighted by Gasteiger charge is -2.17. The largest absolute Gasteiger partial charge is 0.475 e. The van der Waals surface area contributed by atoms with Crippen molar-refractivity contribution in [2.24, 2.45) is 0 Å². The van der Waals surface area contributed by atoms with Gasteiger partial charge in [0.1, 0.15) is 0 Å². The third kappa shape index (κ3) is 1.85. The van der Waals surface area contributed by atoms with E-state index >= 15 is 0 Å². The number of hydrogen-bond acceptors (Lipinski definition) is 3. The minimum atomic E-state index is -1.04. The lowest BCUT2D eigenvalue weighted by Crippen LogP contribution is -2.18. The van der Waals surface area contributed by atoms with E-state index in [0.29, 0.717) is 0 Å². The quantitative estimate of drug-likeness (QED) is 0.796. The van der Waals surface area contributed by atoms with Crippen LogP contribution in [0.2, 0.25) is 0 Å². The smallest absolute Gasteiger partial charge is 0.373 e. The Kier molecular flexibility index (Phi) is 2.43. The van der Waals surface area contributed by atoms with Gasteiger partial charge in [-0.1, -0.05) is 30.3 Å². The molecule has 1 atom stereocenters. The van der Waals surface area contributed by atoms with E-state index in [0.717, 1.165) is 5.56 Å². The van der Waals surface area contributed by atoms with Crippen LogP contribution >= 0.6 is 0 Å². The minimum absolute atomic E-state index is 0.0219. The highest BCUT2D eigenvalue weighted by Crippen LogP contribution is 2.29. The maximum absolute atomic E-state index is 10.7. The molecule has 4 heteroatoms. The third-order valence-corrected chi connectivity index (χ3v) is 2.30. The predicted molar refractivity (Wildman–Crippen MR) is 53.7 cm³/mol. The van der Waals surface area contributed by atoms with Gasteiger partial charge in [0.15, 0.2) is 0 Å². The van der Waals surface area contributed by atoms with E-state index in [4.69, 9.17) is 9.94 Å². The Hall–Kier alpha value is -1.81. The van der Waals surface area contributed by atoms with Gasteiger partial charge in [0, 0.05) is 7.05 Å². The molecule has 0 bridgehead atoms. The minimum Gasteiger partial charge on any atom is -0.475 e. The van der Waals surface area contributed by atoms with E-state index in [2.05, 4.69) is 0 Å². The summed E-state index contributed by atoms with van der Waals surface area (Å²) in [6.45, 7) is 0. The maximum Gasteiger partial charge on any atom is 0.373 e. The second kappa shape index (κ2) is 3.74. The van der Waals surface area contributed by atoms with Crippen LogP contribution in [0.4, 0.5) is 0 Å². The van der Waals surface area contributed by atoms with Gasteiger partial charge in [-0.05, 0) is 11.6 Å². The number of carbonyl (C=O) groups is 1. The van der Waals surface area contributed by atoms with E-state index in [1.165, 1.54) is 5.06 Å². The number of carboxylic acids is 1. The zero-order chi connectivity index (χ0) is 10.8. The Morgan fingerprint density at radius 3 is 2.60 bits per heavy atom. The SMILES string of the molecule is CN1OC(C(=O)O)=CC1c1ccccc1. The average Bonchev–Trinajstić information content (AvgIpc) is 2.62. The normalized spacial score (nSPS) is 20.9. The Bertz CT molecular complexity index is 400. The lowest BCUT2D eigenvalue weighted by atomic mass is 10.1. The molecule has 0 spiro atoms. The zero-order valence-electron chi connectivity index (χ0n) is 8.25. The number of nitrogens with zero attached hydrogens (tertiary/aromatic N) is 1. The molecule has 0 aliphatic carbocycles. The van der Waals surface area contributed by atoms with Crippen LogP contribution in [0.3, 0.4) is 0 Å². The van der Waals surface area contributed by atoms with Crippen LogP contribution in [-0.2, 0) is 9.63 Å². The topological polar surface area (TPSA) is 49.8 Å². The fourth-order valence-corrected chi connectivity index (χ4v) is 1.56. The Labute approximate surface area is 87.3 Å². The fraction of sp³-hybridized carbons (Fsp3) is 0.182. The first-order chi connectivity index (χ1) is 7.18. The molecule has 1 aliphatic heterocycles. The molecule has 15 heavy (non-hydrogen) atoms. The van der Waals surface area contributed by atoms with Crippen LogP contribution in [0.15, 0.2) is 42.2 Å². The summed E-state index contributed by atoms with van der Waals surface area (Å²) < 4.78 is 0. The molecule has 2 rings (SSSR count). The summed E-state index contributed by atoms with van der Waals surface area (Å²) in [6.07, 6.45) is 1.59. The van der Waals surface area contributed by atoms with Crippen molar-refractivity contribution in [1.82, 2.24) is 5.06 Å². The summed E-state index contributed by atoms with van der Waals surface area (Å²) in [5.41, 5.74) is 1.01. The first-order valence-electron chi connectivity index (χ1n) is 4.59. The van der Waals surface area contributed by atoms with E-state index in [-0.39, 0.29) is 11.8 Å². The highest BCUT2D eigenvalue weighted by Gasteiger charge is 2.28. The first-order valence-corrected chi connectivity index (χ1v) is 4.59. The number of benzene rings is 1. The van der Waals surface area contributed by atoms with Crippen molar-refractivity contribution < 1.29 is 14.7 Å². The predicted octanol–water partition coefficient (Wildman–Crippen LogP) is 1.57. The van der Waals surface area contributed by atoms with Gasteiger partial charge in [-0.25, -0.2) is 4.79 Å². The van der Waals surface area contributed by atoms with Crippen LogP contribution in [0, 0.1) is 0 Å². The number of aliphatic carboxylic acids is 1. The van der Waals surface area contributed by atoms with Crippen molar-refractivity contribution in [1.29, 1.82) is 0 Å². The molecule has 1 heterocycles. The van der Waals surface area contributed by atoms with Gasteiger partial charge < -0.3 is 9.94 Å². The van der Waals surface area contributed by atoms with Crippen molar-refractivity contribution in [3.05, 3.63) is 47.7 Å². The van der Waals surface area contributed by atoms with E-state index in [1.54, 1.807) is 13.1 Å².